The fraction of sp³-hybridized carbons (Fsp3) is 0.375. The van der Waals surface area contributed by atoms with Crippen molar-refractivity contribution in [2.75, 3.05) is 20.3 Å². The zero-order valence-corrected chi connectivity index (χ0v) is 19.3. The van der Waals surface area contributed by atoms with Crippen LogP contribution < -0.4 is 15.4 Å². The lowest BCUT2D eigenvalue weighted by molar-refractivity contribution is 0.145. The van der Waals surface area contributed by atoms with Gasteiger partial charge >= 0.3 is 0 Å². The van der Waals surface area contributed by atoms with E-state index in [0.717, 1.165) is 34.1 Å². The molecule has 0 fully saturated rings. The quantitative estimate of drug-likeness (QED) is 0.289. The van der Waals surface area contributed by atoms with Crippen molar-refractivity contribution in [3.63, 3.8) is 0 Å². The number of aryl methyl sites for hydroxylation is 2. The Morgan fingerprint density at radius 2 is 1.78 bits per heavy atom. The molecule has 0 radical (unpaired) electrons. The first-order valence-electron chi connectivity index (χ1n) is 10.7. The van der Waals surface area contributed by atoms with Crippen molar-refractivity contribution in [2.24, 2.45) is 12.0 Å². The molecule has 0 saturated carbocycles. The van der Waals surface area contributed by atoms with Gasteiger partial charge in [0.2, 0.25) is 0 Å². The molecule has 170 valence electrons. The summed E-state index contributed by atoms with van der Waals surface area (Å²) >= 11 is 0. The van der Waals surface area contributed by atoms with E-state index in [0.29, 0.717) is 38.8 Å². The van der Waals surface area contributed by atoms with E-state index in [9.17, 15) is 0 Å². The van der Waals surface area contributed by atoms with E-state index < -0.39 is 0 Å². The van der Waals surface area contributed by atoms with Gasteiger partial charge in [0.25, 0.3) is 0 Å². The van der Waals surface area contributed by atoms with Gasteiger partial charge in [0.05, 0.1) is 19.7 Å². The van der Waals surface area contributed by atoms with Crippen LogP contribution >= 0.6 is 0 Å². The Hall–Kier alpha value is -3.39. The first kappa shape index (κ1) is 23.3. The van der Waals surface area contributed by atoms with E-state index >= 15 is 0 Å². The number of methoxy groups -OCH3 is 1. The summed E-state index contributed by atoms with van der Waals surface area (Å²) in [7, 11) is 3.62. The maximum atomic E-state index is 5.92. The van der Waals surface area contributed by atoms with Crippen LogP contribution in [0.1, 0.15) is 28.3 Å². The van der Waals surface area contributed by atoms with Crippen LogP contribution in [-0.2, 0) is 31.4 Å². The van der Waals surface area contributed by atoms with E-state index in [2.05, 4.69) is 52.0 Å². The first-order valence-corrected chi connectivity index (χ1v) is 10.7. The van der Waals surface area contributed by atoms with Gasteiger partial charge in [-0.05, 0) is 31.0 Å². The average Bonchev–Trinajstić information content (AvgIpc) is 3.12. The van der Waals surface area contributed by atoms with Gasteiger partial charge < -0.3 is 24.7 Å². The number of guanidine groups is 1. The monoisotopic (exact) mass is 436 g/mol. The van der Waals surface area contributed by atoms with E-state index in [-0.39, 0.29) is 0 Å². The van der Waals surface area contributed by atoms with Crippen LogP contribution in [0.2, 0.25) is 0 Å². The second-order valence-electron chi connectivity index (χ2n) is 7.53. The number of aliphatic imine (C=N–C) groups is 1. The molecule has 3 aromatic rings. The van der Waals surface area contributed by atoms with Crippen LogP contribution in [0.15, 0.2) is 53.5 Å². The molecule has 0 saturated heterocycles. The van der Waals surface area contributed by atoms with Gasteiger partial charge in [0.1, 0.15) is 18.2 Å². The van der Waals surface area contributed by atoms with Gasteiger partial charge in [-0.15, -0.1) is 10.2 Å². The molecule has 32 heavy (non-hydrogen) atoms. The highest BCUT2D eigenvalue weighted by atomic mass is 16.5. The molecule has 3 rings (SSSR count). The molecular formula is C24H32N6O2. The Morgan fingerprint density at radius 3 is 2.50 bits per heavy atom. The van der Waals surface area contributed by atoms with E-state index in [1.807, 2.05) is 42.8 Å². The summed E-state index contributed by atoms with van der Waals surface area (Å²) in [6, 6.07) is 16.4. The summed E-state index contributed by atoms with van der Waals surface area (Å²) in [5.74, 6) is 3.25. The van der Waals surface area contributed by atoms with Crippen molar-refractivity contribution in [3.8, 4) is 5.75 Å². The summed E-state index contributed by atoms with van der Waals surface area (Å²) in [5, 5.41) is 15.1. The van der Waals surface area contributed by atoms with Crippen molar-refractivity contribution in [1.82, 2.24) is 25.4 Å². The van der Waals surface area contributed by atoms with Crippen molar-refractivity contribution < 1.29 is 9.47 Å². The van der Waals surface area contributed by atoms with Gasteiger partial charge in [-0.3, -0.25) is 0 Å². The van der Waals surface area contributed by atoms with Crippen molar-refractivity contribution >= 4 is 5.96 Å². The molecule has 1 heterocycles. The number of nitrogens with zero attached hydrogens (tertiary/aromatic N) is 4. The molecular weight excluding hydrogens is 404 g/mol. The zero-order valence-electron chi connectivity index (χ0n) is 19.3. The van der Waals surface area contributed by atoms with Crippen molar-refractivity contribution in [3.05, 3.63) is 76.9 Å². The largest absolute Gasteiger partial charge is 0.491 e. The van der Waals surface area contributed by atoms with E-state index in [4.69, 9.17) is 14.5 Å². The van der Waals surface area contributed by atoms with Crippen LogP contribution in [0.3, 0.4) is 0 Å². The lowest BCUT2D eigenvalue weighted by Gasteiger charge is -2.16. The molecule has 0 aliphatic carbocycles. The third-order valence-corrected chi connectivity index (χ3v) is 5.07. The van der Waals surface area contributed by atoms with Gasteiger partial charge in [0.15, 0.2) is 11.8 Å². The standard InChI is InChI=1S/C24H32N6O2/c1-18-10-11-21(22(14-18)32-13-12-31-4)16-26-24(25-15-20-8-6-5-7-9-20)27-17-23-29-28-19(2)30(23)3/h5-11,14H,12-13,15-17H2,1-4H3,(H2,25,26,27). The molecule has 0 amide bonds. The Balaban J connectivity index is 1.71. The molecule has 8 nitrogen and oxygen atoms in total. The maximum absolute atomic E-state index is 5.92. The molecule has 2 aromatic carbocycles. The number of nitrogens with one attached hydrogen (secondary N) is 2. The number of aromatic nitrogens is 3. The minimum atomic E-state index is 0.506. The van der Waals surface area contributed by atoms with Crippen LogP contribution in [0, 0.1) is 13.8 Å². The lowest BCUT2D eigenvalue weighted by atomic mass is 10.1. The number of hydrogen-bond acceptors (Lipinski definition) is 5. The number of hydrogen-bond donors (Lipinski definition) is 2. The average molecular weight is 437 g/mol. The normalized spacial score (nSPS) is 11.4. The number of rotatable bonds is 10. The molecule has 1 aromatic heterocycles. The molecule has 0 spiro atoms. The van der Waals surface area contributed by atoms with Crippen LogP contribution in [0.4, 0.5) is 0 Å². The topological polar surface area (TPSA) is 85.6 Å². The Kier molecular flexibility index (Phi) is 8.62. The first-order chi connectivity index (χ1) is 15.6. The summed E-state index contributed by atoms with van der Waals surface area (Å²) < 4.78 is 13.0. The third-order valence-electron chi connectivity index (χ3n) is 5.07. The summed E-state index contributed by atoms with van der Waals surface area (Å²) in [5.41, 5.74) is 3.34. The molecule has 2 N–H and O–H groups in total. The van der Waals surface area contributed by atoms with Crippen LogP contribution in [0.5, 0.6) is 5.75 Å². The molecule has 0 aliphatic rings. The Bertz CT molecular complexity index is 1020. The summed E-state index contributed by atoms with van der Waals surface area (Å²) in [4.78, 5) is 4.76. The lowest BCUT2D eigenvalue weighted by Crippen LogP contribution is -2.37. The molecule has 0 aliphatic heterocycles. The second kappa shape index (κ2) is 11.9. The minimum Gasteiger partial charge on any atom is -0.491 e. The van der Waals surface area contributed by atoms with Gasteiger partial charge in [0, 0.05) is 26.3 Å². The van der Waals surface area contributed by atoms with Gasteiger partial charge in [-0.2, -0.15) is 0 Å². The second-order valence-corrected chi connectivity index (χ2v) is 7.53. The Morgan fingerprint density at radius 1 is 1.00 bits per heavy atom. The predicted octanol–water partition coefficient (Wildman–Crippen LogP) is 2.89. The zero-order chi connectivity index (χ0) is 22.8. The number of benzene rings is 2. The SMILES string of the molecule is COCCOc1cc(C)ccc1CNC(=NCc1ccccc1)NCc1nnc(C)n1C. The minimum absolute atomic E-state index is 0.506. The highest BCUT2D eigenvalue weighted by Crippen LogP contribution is 2.20. The Labute approximate surface area is 189 Å². The highest BCUT2D eigenvalue weighted by molar-refractivity contribution is 5.79. The molecule has 0 unspecified atom stereocenters. The molecule has 0 bridgehead atoms. The highest BCUT2D eigenvalue weighted by Gasteiger charge is 2.09. The van der Waals surface area contributed by atoms with Gasteiger partial charge in [-0.25, -0.2) is 4.99 Å². The van der Waals surface area contributed by atoms with Crippen LogP contribution in [-0.4, -0.2) is 41.0 Å². The fourth-order valence-electron chi connectivity index (χ4n) is 3.05. The van der Waals surface area contributed by atoms with Crippen molar-refractivity contribution in [1.29, 1.82) is 0 Å². The molecule has 8 heteroatoms. The van der Waals surface area contributed by atoms with E-state index in [1.54, 1.807) is 7.11 Å². The third kappa shape index (κ3) is 6.81. The molecule has 0 atom stereocenters. The maximum Gasteiger partial charge on any atom is 0.192 e. The fourth-order valence-corrected chi connectivity index (χ4v) is 3.05. The van der Waals surface area contributed by atoms with Crippen LogP contribution in [0.25, 0.3) is 0 Å². The number of ether oxygens (including phenoxy) is 2. The predicted molar refractivity (Wildman–Crippen MR) is 126 cm³/mol. The van der Waals surface area contributed by atoms with Gasteiger partial charge in [-0.1, -0.05) is 42.5 Å². The smallest absolute Gasteiger partial charge is 0.192 e. The summed E-state index contributed by atoms with van der Waals surface area (Å²) in [6.07, 6.45) is 0. The van der Waals surface area contributed by atoms with Crippen molar-refractivity contribution in [2.45, 2.75) is 33.5 Å². The van der Waals surface area contributed by atoms with E-state index in [1.165, 1.54) is 0 Å². The summed E-state index contributed by atoms with van der Waals surface area (Å²) in [6.45, 7) is 6.69.